The highest BCUT2D eigenvalue weighted by Gasteiger charge is 2.28. The second-order valence-corrected chi connectivity index (χ2v) is 6.82. The Morgan fingerprint density at radius 2 is 1.91 bits per heavy atom. The lowest BCUT2D eigenvalue weighted by molar-refractivity contribution is 0.156. The fourth-order valence-electron chi connectivity index (χ4n) is 4.22. The Morgan fingerprint density at radius 3 is 2.57 bits per heavy atom. The van der Waals surface area contributed by atoms with Gasteiger partial charge in [-0.15, -0.1) is 0 Å². The number of likely N-dealkylation sites (tertiary alicyclic amines) is 2. The summed E-state index contributed by atoms with van der Waals surface area (Å²) in [4.78, 5) is 12.2. The van der Waals surface area contributed by atoms with Crippen LogP contribution in [0.15, 0.2) is 4.99 Å². The molecule has 1 N–H and O–H groups in total. The molecule has 0 bridgehead atoms. The molecular weight excluding hydrogens is 286 g/mol. The van der Waals surface area contributed by atoms with E-state index in [1.54, 1.807) is 0 Å². The van der Waals surface area contributed by atoms with Crippen LogP contribution >= 0.6 is 0 Å². The van der Waals surface area contributed by atoms with Gasteiger partial charge in [0.25, 0.3) is 0 Å². The Balaban J connectivity index is 1.84. The van der Waals surface area contributed by atoms with Gasteiger partial charge in [0.1, 0.15) is 0 Å². The summed E-state index contributed by atoms with van der Waals surface area (Å²) in [6.45, 7) is 14.8. The van der Waals surface area contributed by atoms with E-state index < -0.39 is 0 Å². The molecule has 0 aromatic carbocycles. The highest BCUT2D eigenvalue weighted by Crippen LogP contribution is 2.17. The molecule has 0 spiro atoms. The highest BCUT2D eigenvalue weighted by atomic mass is 15.3. The standard InChI is InChI=1S/C18H37N5/c1-5-21(6-2)17-11-13-23(15-17)18(19-4)20-14-16-10-8-9-12-22(16)7-3/h16-17H,5-15H2,1-4H3,(H,19,20). The zero-order chi connectivity index (χ0) is 16.7. The maximum Gasteiger partial charge on any atom is 0.193 e. The van der Waals surface area contributed by atoms with E-state index in [1.807, 2.05) is 7.05 Å². The normalized spacial score (nSPS) is 27.0. The molecule has 5 heteroatoms. The first-order valence-corrected chi connectivity index (χ1v) is 9.67. The van der Waals surface area contributed by atoms with Crippen LogP contribution in [0.1, 0.15) is 46.5 Å². The third kappa shape index (κ3) is 4.83. The molecule has 2 unspecified atom stereocenters. The smallest absolute Gasteiger partial charge is 0.193 e. The van der Waals surface area contributed by atoms with E-state index in [1.165, 1.54) is 38.8 Å². The Bertz CT molecular complexity index is 366. The SMILES string of the molecule is CCN(CC)C1CCN(C(=NC)NCC2CCCCN2CC)C1. The topological polar surface area (TPSA) is 34.1 Å². The summed E-state index contributed by atoms with van der Waals surface area (Å²) in [6.07, 6.45) is 5.30. The van der Waals surface area contributed by atoms with Crippen LogP contribution in [-0.4, -0.2) is 85.6 Å². The number of guanidine groups is 1. The number of aliphatic imine (C=N–C) groups is 1. The molecule has 0 radical (unpaired) electrons. The zero-order valence-corrected chi connectivity index (χ0v) is 15.7. The summed E-state index contributed by atoms with van der Waals surface area (Å²) in [7, 11) is 1.92. The van der Waals surface area contributed by atoms with Gasteiger partial charge in [-0.25, -0.2) is 0 Å². The van der Waals surface area contributed by atoms with Crippen LogP contribution in [0.2, 0.25) is 0 Å². The summed E-state index contributed by atoms with van der Waals surface area (Å²) in [5.74, 6) is 1.10. The van der Waals surface area contributed by atoms with Crippen molar-refractivity contribution in [1.29, 1.82) is 0 Å². The average Bonchev–Trinajstić information content (AvgIpc) is 3.06. The number of nitrogens with zero attached hydrogens (tertiary/aromatic N) is 4. The molecule has 2 aliphatic heterocycles. The van der Waals surface area contributed by atoms with E-state index in [0.29, 0.717) is 12.1 Å². The number of hydrogen-bond donors (Lipinski definition) is 1. The molecule has 0 amide bonds. The van der Waals surface area contributed by atoms with Crippen molar-refractivity contribution in [2.45, 2.75) is 58.5 Å². The van der Waals surface area contributed by atoms with Gasteiger partial charge in [0, 0.05) is 38.8 Å². The molecule has 2 heterocycles. The van der Waals surface area contributed by atoms with Crippen molar-refractivity contribution < 1.29 is 0 Å². The maximum atomic E-state index is 4.55. The lowest BCUT2D eigenvalue weighted by Gasteiger charge is -2.36. The summed E-state index contributed by atoms with van der Waals surface area (Å²) < 4.78 is 0. The minimum atomic E-state index is 0.673. The van der Waals surface area contributed by atoms with Gasteiger partial charge in [-0.1, -0.05) is 27.2 Å². The summed E-state index contributed by atoms with van der Waals surface area (Å²) >= 11 is 0. The molecule has 2 atom stereocenters. The molecule has 2 saturated heterocycles. The van der Waals surface area contributed by atoms with Crippen LogP contribution < -0.4 is 5.32 Å². The first kappa shape index (κ1) is 18.5. The molecular formula is C18H37N5. The fraction of sp³-hybridized carbons (Fsp3) is 0.944. The largest absolute Gasteiger partial charge is 0.355 e. The molecule has 2 rings (SSSR count). The van der Waals surface area contributed by atoms with Crippen LogP contribution in [0.3, 0.4) is 0 Å². The van der Waals surface area contributed by atoms with Gasteiger partial charge >= 0.3 is 0 Å². The Hall–Kier alpha value is -0.810. The summed E-state index contributed by atoms with van der Waals surface area (Å²) in [5.41, 5.74) is 0. The third-order valence-electron chi connectivity index (χ3n) is 5.65. The Labute approximate surface area is 143 Å². The second-order valence-electron chi connectivity index (χ2n) is 6.82. The van der Waals surface area contributed by atoms with Crippen LogP contribution in [0.5, 0.6) is 0 Å². The Morgan fingerprint density at radius 1 is 1.13 bits per heavy atom. The van der Waals surface area contributed by atoms with E-state index in [2.05, 4.69) is 45.8 Å². The monoisotopic (exact) mass is 323 g/mol. The molecule has 2 aliphatic rings. The van der Waals surface area contributed by atoms with Gasteiger partial charge in [0.2, 0.25) is 0 Å². The van der Waals surface area contributed by atoms with E-state index in [0.717, 1.165) is 38.7 Å². The minimum Gasteiger partial charge on any atom is -0.355 e. The minimum absolute atomic E-state index is 0.673. The van der Waals surface area contributed by atoms with Crippen molar-refractivity contribution in [2.24, 2.45) is 4.99 Å². The van der Waals surface area contributed by atoms with E-state index in [-0.39, 0.29) is 0 Å². The average molecular weight is 324 g/mol. The van der Waals surface area contributed by atoms with Gasteiger partial charge in [0.05, 0.1) is 0 Å². The third-order valence-corrected chi connectivity index (χ3v) is 5.65. The fourth-order valence-corrected chi connectivity index (χ4v) is 4.22. The van der Waals surface area contributed by atoms with Crippen molar-refractivity contribution in [3.05, 3.63) is 0 Å². The molecule has 134 valence electrons. The molecule has 0 aromatic heterocycles. The first-order chi connectivity index (χ1) is 11.2. The number of nitrogens with one attached hydrogen (secondary N) is 1. The van der Waals surface area contributed by atoms with Crippen molar-refractivity contribution in [3.8, 4) is 0 Å². The zero-order valence-electron chi connectivity index (χ0n) is 15.7. The van der Waals surface area contributed by atoms with Gasteiger partial charge in [-0.05, 0) is 45.4 Å². The van der Waals surface area contributed by atoms with Crippen LogP contribution in [-0.2, 0) is 0 Å². The lowest BCUT2D eigenvalue weighted by atomic mass is 10.0. The van der Waals surface area contributed by atoms with E-state index in [9.17, 15) is 0 Å². The van der Waals surface area contributed by atoms with Crippen molar-refractivity contribution >= 4 is 5.96 Å². The Kier molecular flexibility index (Phi) is 7.63. The predicted octanol–water partition coefficient (Wildman–Crippen LogP) is 1.85. The van der Waals surface area contributed by atoms with Gasteiger partial charge in [-0.2, -0.15) is 0 Å². The molecule has 2 fully saturated rings. The number of rotatable bonds is 6. The second kappa shape index (κ2) is 9.48. The van der Waals surface area contributed by atoms with Crippen molar-refractivity contribution in [2.75, 3.05) is 52.9 Å². The molecule has 5 nitrogen and oxygen atoms in total. The number of piperidine rings is 1. The highest BCUT2D eigenvalue weighted by molar-refractivity contribution is 5.80. The molecule has 23 heavy (non-hydrogen) atoms. The van der Waals surface area contributed by atoms with Crippen LogP contribution in [0.25, 0.3) is 0 Å². The first-order valence-electron chi connectivity index (χ1n) is 9.67. The van der Waals surface area contributed by atoms with Gasteiger partial charge < -0.3 is 10.2 Å². The predicted molar refractivity (Wildman–Crippen MR) is 99.1 cm³/mol. The number of hydrogen-bond acceptors (Lipinski definition) is 3. The van der Waals surface area contributed by atoms with Gasteiger partial charge in [-0.3, -0.25) is 14.8 Å². The summed E-state index contributed by atoms with van der Waals surface area (Å²) in [6, 6.07) is 1.36. The molecule has 0 saturated carbocycles. The lowest BCUT2D eigenvalue weighted by Crippen LogP contribution is -2.50. The summed E-state index contributed by atoms with van der Waals surface area (Å²) in [5, 5.41) is 3.66. The van der Waals surface area contributed by atoms with Crippen LogP contribution in [0, 0.1) is 0 Å². The van der Waals surface area contributed by atoms with E-state index in [4.69, 9.17) is 0 Å². The van der Waals surface area contributed by atoms with Crippen LogP contribution in [0.4, 0.5) is 0 Å². The van der Waals surface area contributed by atoms with Crippen molar-refractivity contribution in [3.63, 3.8) is 0 Å². The van der Waals surface area contributed by atoms with Crippen molar-refractivity contribution in [1.82, 2.24) is 20.0 Å². The molecule has 0 aromatic rings. The quantitative estimate of drug-likeness (QED) is 0.597. The maximum absolute atomic E-state index is 4.55. The van der Waals surface area contributed by atoms with E-state index >= 15 is 0 Å². The molecule has 0 aliphatic carbocycles. The van der Waals surface area contributed by atoms with Gasteiger partial charge in [0.15, 0.2) is 5.96 Å². The number of likely N-dealkylation sites (N-methyl/N-ethyl adjacent to an activating group) is 2.